The van der Waals surface area contributed by atoms with Gasteiger partial charge in [-0.1, -0.05) is 0 Å². The van der Waals surface area contributed by atoms with E-state index in [0.29, 0.717) is 13.3 Å². The monoisotopic (exact) mass is 147 g/mol. The van der Waals surface area contributed by atoms with Crippen molar-refractivity contribution < 1.29 is 14.9 Å². The van der Waals surface area contributed by atoms with E-state index in [1.165, 1.54) is 0 Å². The summed E-state index contributed by atoms with van der Waals surface area (Å²) in [6.07, 6.45) is 0. The fraction of sp³-hybridized carbons (Fsp3) is 1.00. The first-order valence-electron chi connectivity index (χ1n) is 3.26. The second-order valence-corrected chi connectivity index (χ2v) is 2.72. The Hall–Kier alpha value is -0.160. The Bertz CT molecular complexity index is 114. The number of likely N-dealkylation sites (N-methyl/N-ethyl adjacent to an activating group) is 1. The zero-order valence-corrected chi connectivity index (χ0v) is 6.08. The molecule has 1 aliphatic heterocycles. The Morgan fingerprint density at radius 1 is 1.50 bits per heavy atom. The molecule has 4 heteroatoms. The van der Waals surface area contributed by atoms with Gasteiger partial charge in [0, 0.05) is 0 Å². The van der Waals surface area contributed by atoms with Gasteiger partial charge in [0.25, 0.3) is 0 Å². The Morgan fingerprint density at radius 3 is 2.30 bits per heavy atom. The maximum atomic E-state index is 8.91. The lowest BCUT2D eigenvalue weighted by molar-refractivity contribution is 0.0382. The number of aliphatic hydroxyl groups is 2. The van der Waals surface area contributed by atoms with Crippen LogP contribution in [0.4, 0.5) is 0 Å². The van der Waals surface area contributed by atoms with Crippen molar-refractivity contribution in [3.8, 4) is 0 Å². The summed E-state index contributed by atoms with van der Waals surface area (Å²) in [6, 6.07) is 0. The van der Waals surface area contributed by atoms with Crippen LogP contribution in [0.3, 0.4) is 0 Å². The van der Waals surface area contributed by atoms with E-state index in [1.54, 1.807) is 0 Å². The van der Waals surface area contributed by atoms with Crippen LogP contribution in [0.15, 0.2) is 0 Å². The highest BCUT2D eigenvalue weighted by atomic mass is 16.5. The number of aliphatic hydroxyl groups excluding tert-OH is 2. The zero-order valence-electron chi connectivity index (χ0n) is 6.08. The molecule has 1 heterocycles. The highest BCUT2D eigenvalue weighted by Crippen LogP contribution is 2.18. The molecule has 0 atom stereocenters. The van der Waals surface area contributed by atoms with Gasteiger partial charge in [0.1, 0.15) is 0 Å². The lowest BCUT2D eigenvalue weighted by Gasteiger charge is -2.29. The van der Waals surface area contributed by atoms with E-state index in [1.807, 2.05) is 11.9 Å². The average Bonchev–Trinajstić information content (AvgIpc) is 2.32. The molecular formula is C6H13NO3. The van der Waals surface area contributed by atoms with Gasteiger partial charge in [-0.15, -0.1) is 0 Å². The molecular weight excluding hydrogens is 134 g/mol. The predicted molar refractivity (Wildman–Crippen MR) is 35.5 cm³/mol. The summed E-state index contributed by atoms with van der Waals surface area (Å²) in [6.45, 7) is 0.789. The first kappa shape index (κ1) is 7.94. The minimum absolute atomic E-state index is 0.0556. The van der Waals surface area contributed by atoms with Gasteiger partial charge in [-0.2, -0.15) is 0 Å². The van der Waals surface area contributed by atoms with Crippen molar-refractivity contribution in [2.24, 2.45) is 0 Å². The highest BCUT2D eigenvalue weighted by molar-refractivity contribution is 4.90. The molecule has 0 amide bonds. The topological polar surface area (TPSA) is 52.9 Å². The van der Waals surface area contributed by atoms with E-state index in [0.717, 1.165) is 0 Å². The summed E-state index contributed by atoms with van der Waals surface area (Å²) < 4.78 is 5.06. The molecule has 0 aromatic heterocycles. The van der Waals surface area contributed by atoms with Crippen LogP contribution in [-0.4, -0.2) is 54.3 Å². The van der Waals surface area contributed by atoms with Crippen LogP contribution in [-0.2, 0) is 4.74 Å². The van der Waals surface area contributed by atoms with Gasteiger partial charge in [0.2, 0.25) is 0 Å². The van der Waals surface area contributed by atoms with E-state index in [4.69, 9.17) is 14.9 Å². The van der Waals surface area contributed by atoms with Crippen LogP contribution in [0, 0.1) is 0 Å². The van der Waals surface area contributed by atoms with Crippen molar-refractivity contribution in [2.45, 2.75) is 5.54 Å². The van der Waals surface area contributed by atoms with Crippen molar-refractivity contribution in [2.75, 3.05) is 33.6 Å². The SMILES string of the molecule is CN1COCC1(CO)CO. The normalized spacial score (nSPS) is 25.5. The predicted octanol–water partition coefficient (Wildman–Crippen LogP) is -1.37. The summed E-state index contributed by atoms with van der Waals surface area (Å²) in [7, 11) is 1.82. The Morgan fingerprint density at radius 2 is 2.10 bits per heavy atom. The minimum Gasteiger partial charge on any atom is -0.394 e. The molecule has 4 nitrogen and oxygen atoms in total. The largest absolute Gasteiger partial charge is 0.394 e. The second-order valence-electron chi connectivity index (χ2n) is 2.72. The summed E-state index contributed by atoms with van der Waals surface area (Å²) in [4.78, 5) is 1.81. The molecule has 0 aliphatic carbocycles. The average molecular weight is 147 g/mol. The third-order valence-corrected chi connectivity index (χ3v) is 2.05. The van der Waals surface area contributed by atoms with Gasteiger partial charge in [0.05, 0.1) is 32.1 Å². The molecule has 60 valence electrons. The number of nitrogens with zero attached hydrogens (tertiary/aromatic N) is 1. The van der Waals surface area contributed by atoms with Gasteiger partial charge in [-0.25, -0.2) is 0 Å². The Kier molecular flexibility index (Phi) is 2.25. The van der Waals surface area contributed by atoms with E-state index in [9.17, 15) is 0 Å². The molecule has 0 bridgehead atoms. The van der Waals surface area contributed by atoms with E-state index >= 15 is 0 Å². The zero-order chi connectivity index (χ0) is 7.61. The van der Waals surface area contributed by atoms with Gasteiger partial charge >= 0.3 is 0 Å². The molecule has 10 heavy (non-hydrogen) atoms. The number of hydrogen-bond acceptors (Lipinski definition) is 4. The standard InChI is InChI=1S/C6H13NO3/c1-7-5-10-4-6(7,2-8)3-9/h8-9H,2-5H2,1H3. The molecule has 1 fully saturated rings. The molecule has 0 unspecified atom stereocenters. The maximum Gasteiger partial charge on any atom is 0.0995 e. The molecule has 1 rings (SSSR count). The molecule has 2 N–H and O–H groups in total. The van der Waals surface area contributed by atoms with Crippen LogP contribution in [0.5, 0.6) is 0 Å². The van der Waals surface area contributed by atoms with Gasteiger partial charge in [0.15, 0.2) is 0 Å². The summed E-state index contributed by atoms with van der Waals surface area (Å²) >= 11 is 0. The fourth-order valence-electron chi connectivity index (χ4n) is 1.00. The van der Waals surface area contributed by atoms with Gasteiger partial charge in [-0.05, 0) is 7.05 Å². The highest BCUT2D eigenvalue weighted by Gasteiger charge is 2.38. The van der Waals surface area contributed by atoms with E-state index < -0.39 is 5.54 Å². The molecule has 0 aromatic rings. The first-order chi connectivity index (χ1) is 4.75. The number of rotatable bonds is 2. The van der Waals surface area contributed by atoms with Crippen LogP contribution in [0.1, 0.15) is 0 Å². The van der Waals surface area contributed by atoms with Crippen molar-refractivity contribution in [3.05, 3.63) is 0 Å². The third kappa shape index (κ3) is 1.03. The van der Waals surface area contributed by atoms with Crippen molar-refractivity contribution >= 4 is 0 Å². The second kappa shape index (κ2) is 2.84. The maximum absolute atomic E-state index is 8.91. The van der Waals surface area contributed by atoms with Crippen LogP contribution in [0.25, 0.3) is 0 Å². The Labute approximate surface area is 60.0 Å². The van der Waals surface area contributed by atoms with Crippen molar-refractivity contribution in [3.63, 3.8) is 0 Å². The van der Waals surface area contributed by atoms with Gasteiger partial charge in [-0.3, -0.25) is 4.90 Å². The van der Waals surface area contributed by atoms with Crippen LogP contribution >= 0.6 is 0 Å². The third-order valence-electron chi connectivity index (χ3n) is 2.05. The van der Waals surface area contributed by atoms with Crippen molar-refractivity contribution in [1.82, 2.24) is 4.90 Å². The molecule has 0 spiro atoms. The number of ether oxygens (including phenoxy) is 1. The van der Waals surface area contributed by atoms with E-state index in [2.05, 4.69) is 0 Å². The molecule has 1 aliphatic rings. The lowest BCUT2D eigenvalue weighted by atomic mass is 10.0. The Balaban J connectivity index is 2.61. The van der Waals surface area contributed by atoms with Crippen LogP contribution < -0.4 is 0 Å². The quantitative estimate of drug-likeness (QED) is 0.506. The molecule has 1 saturated heterocycles. The minimum atomic E-state index is -0.542. The van der Waals surface area contributed by atoms with Gasteiger partial charge < -0.3 is 14.9 Å². The fourth-order valence-corrected chi connectivity index (χ4v) is 1.00. The molecule has 0 radical (unpaired) electrons. The van der Waals surface area contributed by atoms with Crippen molar-refractivity contribution in [1.29, 1.82) is 0 Å². The van der Waals surface area contributed by atoms with Crippen LogP contribution in [0.2, 0.25) is 0 Å². The summed E-state index contributed by atoms with van der Waals surface area (Å²) in [5.74, 6) is 0. The van der Waals surface area contributed by atoms with E-state index in [-0.39, 0.29) is 13.2 Å². The summed E-state index contributed by atoms with van der Waals surface area (Å²) in [5, 5.41) is 17.8. The number of hydrogen-bond donors (Lipinski definition) is 2. The summed E-state index contributed by atoms with van der Waals surface area (Å²) in [5.41, 5.74) is -0.542. The smallest absolute Gasteiger partial charge is 0.0995 e. The first-order valence-corrected chi connectivity index (χ1v) is 3.26. The lowest BCUT2D eigenvalue weighted by Crippen LogP contribution is -2.50. The molecule has 0 aromatic carbocycles. The molecule has 0 saturated carbocycles.